The molecule has 0 unspecified atom stereocenters. The monoisotopic (exact) mass is 316 g/mol. The van der Waals surface area contributed by atoms with E-state index < -0.39 is 0 Å². The molecule has 106 valence electrons. The van der Waals surface area contributed by atoms with Crippen molar-refractivity contribution in [3.05, 3.63) is 67.7 Å². The second kappa shape index (κ2) is 5.13. The highest BCUT2D eigenvalue weighted by Gasteiger charge is 2.08. The summed E-state index contributed by atoms with van der Waals surface area (Å²) >= 11 is 11.3. The van der Waals surface area contributed by atoms with Crippen molar-refractivity contribution in [1.29, 1.82) is 0 Å². The van der Waals surface area contributed by atoms with Gasteiger partial charge in [0, 0.05) is 5.02 Å². The topological polar surface area (TPSA) is 37.8 Å². The third-order valence-corrected chi connectivity index (χ3v) is 4.13. The van der Waals surface area contributed by atoms with Gasteiger partial charge in [0.25, 0.3) is 5.56 Å². The van der Waals surface area contributed by atoms with Gasteiger partial charge in [-0.3, -0.25) is 9.36 Å². The van der Waals surface area contributed by atoms with Gasteiger partial charge in [-0.05, 0) is 67.5 Å². The first kappa shape index (κ1) is 14.0. The van der Waals surface area contributed by atoms with Crippen LogP contribution >= 0.6 is 23.8 Å². The van der Waals surface area contributed by atoms with Gasteiger partial charge in [0.2, 0.25) is 0 Å². The van der Waals surface area contributed by atoms with Gasteiger partial charge in [-0.15, -0.1) is 0 Å². The Morgan fingerprint density at radius 2 is 1.86 bits per heavy atom. The molecule has 5 heteroatoms. The quantitative estimate of drug-likeness (QED) is 0.679. The van der Waals surface area contributed by atoms with Gasteiger partial charge < -0.3 is 4.98 Å². The molecule has 1 aromatic heterocycles. The van der Waals surface area contributed by atoms with Crippen molar-refractivity contribution in [2.75, 3.05) is 0 Å². The molecular formula is C16H13ClN2OS. The summed E-state index contributed by atoms with van der Waals surface area (Å²) in [5, 5.41) is 1.13. The Hall–Kier alpha value is -1.91. The first-order chi connectivity index (χ1) is 9.97. The van der Waals surface area contributed by atoms with Gasteiger partial charge in [0.15, 0.2) is 4.77 Å². The number of hydrogen-bond donors (Lipinski definition) is 1. The molecule has 0 fully saturated rings. The van der Waals surface area contributed by atoms with Gasteiger partial charge >= 0.3 is 0 Å². The number of benzene rings is 2. The predicted octanol–water partition coefficient (Wildman–Crippen LogP) is 4.32. The number of rotatable bonds is 1. The van der Waals surface area contributed by atoms with E-state index in [2.05, 4.69) is 4.98 Å². The van der Waals surface area contributed by atoms with E-state index in [0.717, 1.165) is 11.3 Å². The smallest absolute Gasteiger partial charge is 0.266 e. The molecule has 0 aliphatic heterocycles. The Balaban J connectivity index is 2.38. The summed E-state index contributed by atoms with van der Waals surface area (Å²) in [5.74, 6) is 0. The van der Waals surface area contributed by atoms with Crippen molar-refractivity contribution >= 4 is 34.7 Å². The normalized spacial score (nSPS) is 11.0. The minimum atomic E-state index is -0.145. The Bertz CT molecular complexity index is 972. The molecule has 2 aromatic carbocycles. The second-order valence-corrected chi connectivity index (χ2v) is 5.85. The maximum Gasteiger partial charge on any atom is 0.266 e. The van der Waals surface area contributed by atoms with Gasteiger partial charge in [-0.2, -0.15) is 0 Å². The number of halogens is 1. The standard InChI is InChI=1S/C16H13ClN2OS/c1-9-3-5-12(7-10(9)2)19-15(20)13-6-4-11(17)8-14(13)18-16(19)21/h3-8H,1-2H3,(H,18,21). The van der Waals surface area contributed by atoms with Crippen LogP contribution in [0.3, 0.4) is 0 Å². The Morgan fingerprint density at radius 3 is 2.57 bits per heavy atom. The van der Waals surface area contributed by atoms with Crippen LogP contribution in [-0.4, -0.2) is 9.55 Å². The maximum atomic E-state index is 12.7. The first-order valence-electron chi connectivity index (χ1n) is 6.49. The summed E-state index contributed by atoms with van der Waals surface area (Å²) in [5.41, 5.74) is 3.56. The van der Waals surface area contributed by atoms with Crippen molar-refractivity contribution in [3.63, 3.8) is 0 Å². The van der Waals surface area contributed by atoms with Crippen LogP contribution in [0, 0.1) is 18.6 Å². The molecular weight excluding hydrogens is 304 g/mol. The van der Waals surface area contributed by atoms with Crippen molar-refractivity contribution in [2.24, 2.45) is 0 Å². The van der Waals surface area contributed by atoms with E-state index >= 15 is 0 Å². The number of fused-ring (bicyclic) bond motifs is 1. The molecule has 0 aliphatic rings. The van der Waals surface area contributed by atoms with Crippen LogP contribution in [0.15, 0.2) is 41.2 Å². The Labute approximate surface area is 131 Å². The average Bonchev–Trinajstić information content (AvgIpc) is 2.42. The molecule has 0 radical (unpaired) electrons. The fourth-order valence-electron chi connectivity index (χ4n) is 2.29. The number of aromatic amines is 1. The zero-order valence-corrected chi connectivity index (χ0v) is 13.2. The van der Waals surface area contributed by atoms with Gasteiger partial charge in [0.1, 0.15) is 0 Å². The summed E-state index contributed by atoms with van der Waals surface area (Å²) in [7, 11) is 0. The molecule has 1 N–H and O–H groups in total. The molecule has 1 heterocycles. The molecule has 0 atom stereocenters. The van der Waals surface area contributed by atoms with E-state index in [-0.39, 0.29) is 5.56 Å². The highest BCUT2D eigenvalue weighted by molar-refractivity contribution is 7.71. The van der Waals surface area contributed by atoms with E-state index in [4.69, 9.17) is 23.8 Å². The minimum absolute atomic E-state index is 0.145. The number of aromatic nitrogens is 2. The Kier molecular flexibility index (Phi) is 3.43. The molecule has 3 rings (SSSR count). The molecule has 0 saturated heterocycles. The number of nitrogens with one attached hydrogen (secondary N) is 1. The van der Waals surface area contributed by atoms with E-state index in [1.807, 2.05) is 32.0 Å². The van der Waals surface area contributed by atoms with Crippen LogP contribution in [0.4, 0.5) is 0 Å². The lowest BCUT2D eigenvalue weighted by molar-refractivity contribution is 0.937. The third kappa shape index (κ3) is 2.41. The summed E-state index contributed by atoms with van der Waals surface area (Å²) in [6.45, 7) is 4.04. The van der Waals surface area contributed by atoms with Gasteiger partial charge in [-0.1, -0.05) is 17.7 Å². The van der Waals surface area contributed by atoms with Gasteiger partial charge in [0.05, 0.1) is 16.6 Å². The molecule has 0 aliphatic carbocycles. The lowest BCUT2D eigenvalue weighted by atomic mass is 10.1. The van der Waals surface area contributed by atoms with E-state index in [0.29, 0.717) is 20.7 Å². The molecule has 0 spiro atoms. The number of H-pyrrole nitrogens is 1. The molecule has 3 nitrogen and oxygen atoms in total. The lowest BCUT2D eigenvalue weighted by Gasteiger charge is -2.10. The van der Waals surface area contributed by atoms with Crippen molar-refractivity contribution in [2.45, 2.75) is 13.8 Å². The predicted molar refractivity (Wildman–Crippen MR) is 89.2 cm³/mol. The molecule has 21 heavy (non-hydrogen) atoms. The van der Waals surface area contributed by atoms with E-state index in [1.54, 1.807) is 18.2 Å². The zero-order valence-electron chi connectivity index (χ0n) is 11.6. The SMILES string of the molecule is Cc1ccc(-n2c(=S)[nH]c3cc(Cl)ccc3c2=O)cc1C. The minimum Gasteiger partial charge on any atom is -0.331 e. The lowest BCUT2D eigenvalue weighted by Crippen LogP contribution is -2.20. The molecule has 0 bridgehead atoms. The highest BCUT2D eigenvalue weighted by atomic mass is 35.5. The zero-order chi connectivity index (χ0) is 15.1. The second-order valence-electron chi connectivity index (χ2n) is 5.03. The van der Waals surface area contributed by atoms with Crippen LogP contribution in [0.2, 0.25) is 5.02 Å². The summed E-state index contributed by atoms with van der Waals surface area (Å²) < 4.78 is 1.87. The van der Waals surface area contributed by atoms with Crippen molar-refractivity contribution in [3.8, 4) is 5.69 Å². The largest absolute Gasteiger partial charge is 0.331 e. The van der Waals surface area contributed by atoms with Crippen LogP contribution in [0.5, 0.6) is 0 Å². The summed E-state index contributed by atoms with van der Waals surface area (Å²) in [4.78, 5) is 15.8. The third-order valence-electron chi connectivity index (χ3n) is 3.61. The average molecular weight is 317 g/mol. The Morgan fingerprint density at radius 1 is 1.10 bits per heavy atom. The van der Waals surface area contributed by atoms with Crippen molar-refractivity contribution in [1.82, 2.24) is 9.55 Å². The first-order valence-corrected chi connectivity index (χ1v) is 7.28. The van der Waals surface area contributed by atoms with E-state index in [1.165, 1.54) is 10.1 Å². The van der Waals surface area contributed by atoms with E-state index in [9.17, 15) is 4.79 Å². The van der Waals surface area contributed by atoms with Crippen LogP contribution in [0.25, 0.3) is 16.6 Å². The van der Waals surface area contributed by atoms with Crippen molar-refractivity contribution < 1.29 is 0 Å². The summed E-state index contributed by atoms with van der Waals surface area (Å²) in [6, 6.07) is 11.0. The van der Waals surface area contributed by atoms with Crippen LogP contribution < -0.4 is 5.56 Å². The van der Waals surface area contributed by atoms with Crippen LogP contribution in [-0.2, 0) is 0 Å². The number of hydrogen-bond acceptors (Lipinski definition) is 2. The molecule has 3 aromatic rings. The fraction of sp³-hybridized carbons (Fsp3) is 0.125. The van der Waals surface area contributed by atoms with Gasteiger partial charge in [-0.25, -0.2) is 0 Å². The number of aryl methyl sites for hydroxylation is 2. The fourth-order valence-corrected chi connectivity index (χ4v) is 2.76. The molecule has 0 saturated carbocycles. The number of nitrogens with zero attached hydrogens (tertiary/aromatic N) is 1. The maximum absolute atomic E-state index is 12.7. The van der Waals surface area contributed by atoms with Crippen LogP contribution in [0.1, 0.15) is 11.1 Å². The molecule has 0 amide bonds. The summed E-state index contributed by atoms with van der Waals surface area (Å²) in [6.07, 6.45) is 0. The highest BCUT2D eigenvalue weighted by Crippen LogP contribution is 2.17.